The van der Waals surface area contributed by atoms with Gasteiger partial charge in [-0.05, 0) is 24.6 Å². The summed E-state index contributed by atoms with van der Waals surface area (Å²) >= 11 is 0. The van der Waals surface area contributed by atoms with Crippen LogP contribution in [0.2, 0.25) is 0 Å². The summed E-state index contributed by atoms with van der Waals surface area (Å²) in [5.74, 6) is -0.977. The molecule has 2 rings (SSSR count). The average Bonchev–Trinajstić information content (AvgIpc) is 2.41. The number of carbonyl (C=O) groups is 1. The van der Waals surface area contributed by atoms with E-state index in [0.717, 1.165) is 5.56 Å². The summed E-state index contributed by atoms with van der Waals surface area (Å²) in [4.78, 5) is 16.2. The Hall–Kier alpha value is -2.47. The smallest absolute Gasteiger partial charge is 0.184 e. The quantitative estimate of drug-likeness (QED) is 0.770. The van der Waals surface area contributed by atoms with E-state index >= 15 is 0 Å². The van der Waals surface area contributed by atoms with Gasteiger partial charge in [-0.2, -0.15) is 5.26 Å². The first-order chi connectivity index (χ1) is 8.72. The SMILES string of the molecule is Cc1cccc(C(=O)C(C#N)c2cccnc2)c1. The number of aromatic nitrogens is 1. The number of nitriles is 1. The van der Waals surface area contributed by atoms with Crippen molar-refractivity contribution in [1.82, 2.24) is 4.98 Å². The van der Waals surface area contributed by atoms with Gasteiger partial charge >= 0.3 is 0 Å². The van der Waals surface area contributed by atoms with E-state index in [1.54, 1.807) is 36.7 Å². The number of aryl methyl sites for hydroxylation is 1. The van der Waals surface area contributed by atoms with E-state index in [4.69, 9.17) is 0 Å². The number of carbonyl (C=O) groups excluding carboxylic acids is 1. The fourth-order valence-electron chi connectivity index (χ4n) is 1.80. The Morgan fingerprint density at radius 1 is 1.33 bits per heavy atom. The molecule has 0 fully saturated rings. The molecule has 88 valence electrons. The molecule has 0 saturated carbocycles. The normalized spacial score (nSPS) is 11.6. The van der Waals surface area contributed by atoms with Crippen LogP contribution >= 0.6 is 0 Å². The molecule has 1 unspecified atom stereocenters. The molecule has 0 saturated heterocycles. The van der Waals surface area contributed by atoms with Gasteiger partial charge in [0.1, 0.15) is 5.92 Å². The van der Waals surface area contributed by atoms with Crippen LogP contribution in [0.3, 0.4) is 0 Å². The van der Waals surface area contributed by atoms with Gasteiger partial charge in [0.25, 0.3) is 0 Å². The van der Waals surface area contributed by atoms with Gasteiger partial charge in [-0.1, -0.05) is 29.8 Å². The minimum Gasteiger partial charge on any atom is -0.292 e. The van der Waals surface area contributed by atoms with Gasteiger partial charge in [0.15, 0.2) is 5.78 Å². The molecule has 1 aromatic carbocycles. The summed E-state index contributed by atoms with van der Waals surface area (Å²) in [6, 6.07) is 12.8. The van der Waals surface area contributed by atoms with Crippen molar-refractivity contribution in [2.75, 3.05) is 0 Å². The monoisotopic (exact) mass is 236 g/mol. The maximum Gasteiger partial charge on any atom is 0.184 e. The van der Waals surface area contributed by atoms with E-state index in [2.05, 4.69) is 4.98 Å². The van der Waals surface area contributed by atoms with E-state index in [-0.39, 0.29) is 5.78 Å². The zero-order valence-electron chi connectivity index (χ0n) is 10.00. The number of Topliss-reactive ketones (excluding diaryl/α,β-unsaturated/α-hetero) is 1. The van der Waals surface area contributed by atoms with E-state index in [1.807, 2.05) is 25.1 Å². The average molecular weight is 236 g/mol. The Morgan fingerprint density at radius 2 is 2.17 bits per heavy atom. The topological polar surface area (TPSA) is 53.8 Å². The molecule has 1 heterocycles. The van der Waals surface area contributed by atoms with Gasteiger partial charge in [0, 0.05) is 18.0 Å². The number of nitrogens with zero attached hydrogens (tertiary/aromatic N) is 2. The molecule has 0 bridgehead atoms. The van der Waals surface area contributed by atoms with Crippen LogP contribution in [0.1, 0.15) is 27.4 Å². The summed E-state index contributed by atoms with van der Waals surface area (Å²) in [6.45, 7) is 1.92. The molecule has 3 heteroatoms. The van der Waals surface area contributed by atoms with E-state index in [1.165, 1.54) is 0 Å². The summed E-state index contributed by atoms with van der Waals surface area (Å²) in [7, 11) is 0. The molecule has 1 aromatic heterocycles. The van der Waals surface area contributed by atoms with Gasteiger partial charge < -0.3 is 0 Å². The molecule has 0 N–H and O–H groups in total. The number of hydrogen-bond acceptors (Lipinski definition) is 3. The highest BCUT2D eigenvalue weighted by atomic mass is 16.1. The second kappa shape index (κ2) is 5.24. The zero-order valence-corrected chi connectivity index (χ0v) is 10.00. The third kappa shape index (κ3) is 2.44. The highest BCUT2D eigenvalue weighted by Gasteiger charge is 2.21. The lowest BCUT2D eigenvalue weighted by atomic mass is 9.92. The molecule has 1 atom stereocenters. The third-order valence-corrected chi connectivity index (χ3v) is 2.71. The van der Waals surface area contributed by atoms with Crippen LogP contribution in [-0.2, 0) is 0 Å². The van der Waals surface area contributed by atoms with E-state index in [9.17, 15) is 10.1 Å². The van der Waals surface area contributed by atoms with Crippen LogP contribution in [0, 0.1) is 18.3 Å². The van der Waals surface area contributed by atoms with Crippen LogP contribution in [0.15, 0.2) is 48.8 Å². The number of hydrogen-bond donors (Lipinski definition) is 0. The minimum absolute atomic E-state index is 0.186. The zero-order chi connectivity index (χ0) is 13.0. The molecular weight excluding hydrogens is 224 g/mol. The fraction of sp³-hybridized carbons (Fsp3) is 0.133. The van der Waals surface area contributed by atoms with Gasteiger partial charge in [-0.25, -0.2) is 0 Å². The summed E-state index contributed by atoms with van der Waals surface area (Å²) in [5, 5.41) is 9.18. The summed E-state index contributed by atoms with van der Waals surface area (Å²) in [6.07, 6.45) is 3.18. The van der Waals surface area contributed by atoms with Crippen LogP contribution in [0.5, 0.6) is 0 Å². The number of benzene rings is 1. The highest BCUT2D eigenvalue weighted by molar-refractivity contribution is 6.02. The molecule has 0 amide bonds. The van der Waals surface area contributed by atoms with Crippen LogP contribution < -0.4 is 0 Å². The maximum absolute atomic E-state index is 12.3. The minimum atomic E-state index is -0.791. The maximum atomic E-state index is 12.3. The summed E-state index contributed by atoms with van der Waals surface area (Å²) in [5.41, 5.74) is 2.20. The third-order valence-electron chi connectivity index (χ3n) is 2.71. The lowest BCUT2D eigenvalue weighted by molar-refractivity contribution is 0.0978. The first-order valence-corrected chi connectivity index (χ1v) is 5.63. The molecule has 18 heavy (non-hydrogen) atoms. The predicted octanol–water partition coefficient (Wildman–Crippen LogP) is 2.88. The Balaban J connectivity index is 2.36. The van der Waals surface area contributed by atoms with Crippen molar-refractivity contribution in [3.63, 3.8) is 0 Å². The van der Waals surface area contributed by atoms with Crippen molar-refractivity contribution < 1.29 is 4.79 Å². The van der Waals surface area contributed by atoms with Crippen LogP contribution in [0.4, 0.5) is 0 Å². The molecule has 0 aliphatic heterocycles. The largest absolute Gasteiger partial charge is 0.292 e. The predicted molar refractivity (Wildman–Crippen MR) is 68.1 cm³/mol. The van der Waals surface area contributed by atoms with Crippen LogP contribution in [0.25, 0.3) is 0 Å². The Bertz CT molecular complexity index is 599. The van der Waals surface area contributed by atoms with Gasteiger partial charge in [-0.15, -0.1) is 0 Å². The second-order valence-electron chi connectivity index (χ2n) is 4.08. The first-order valence-electron chi connectivity index (χ1n) is 5.63. The molecule has 0 aliphatic rings. The highest BCUT2D eigenvalue weighted by Crippen LogP contribution is 2.20. The van der Waals surface area contributed by atoms with Gasteiger partial charge in [-0.3, -0.25) is 9.78 Å². The molecule has 3 nitrogen and oxygen atoms in total. The van der Waals surface area contributed by atoms with Crippen molar-refractivity contribution in [3.8, 4) is 6.07 Å². The molecule has 0 radical (unpaired) electrons. The van der Waals surface area contributed by atoms with E-state index in [0.29, 0.717) is 11.1 Å². The van der Waals surface area contributed by atoms with E-state index < -0.39 is 5.92 Å². The standard InChI is InChI=1S/C15H12N2O/c1-11-4-2-5-12(8-11)15(18)14(9-16)13-6-3-7-17-10-13/h2-8,10,14H,1H3. The van der Waals surface area contributed by atoms with Crippen molar-refractivity contribution in [2.45, 2.75) is 12.8 Å². The number of ketones is 1. The van der Waals surface area contributed by atoms with Crippen molar-refractivity contribution in [2.24, 2.45) is 0 Å². The second-order valence-corrected chi connectivity index (χ2v) is 4.08. The van der Waals surface area contributed by atoms with Crippen molar-refractivity contribution in [1.29, 1.82) is 5.26 Å². The Kier molecular flexibility index (Phi) is 3.49. The molecular formula is C15H12N2O. The number of pyridine rings is 1. The Labute approximate surface area is 106 Å². The van der Waals surface area contributed by atoms with Gasteiger partial charge in [0.05, 0.1) is 6.07 Å². The van der Waals surface area contributed by atoms with Crippen LogP contribution in [-0.4, -0.2) is 10.8 Å². The lowest BCUT2D eigenvalue weighted by Gasteiger charge is -2.08. The first kappa shape index (κ1) is 12.0. The van der Waals surface area contributed by atoms with Gasteiger partial charge in [0.2, 0.25) is 0 Å². The molecule has 0 aliphatic carbocycles. The Morgan fingerprint density at radius 3 is 2.78 bits per heavy atom. The summed E-state index contributed by atoms with van der Waals surface area (Å²) < 4.78 is 0. The lowest BCUT2D eigenvalue weighted by Crippen LogP contribution is -2.11. The fourth-order valence-corrected chi connectivity index (χ4v) is 1.80. The number of rotatable bonds is 3. The molecule has 0 spiro atoms. The molecule has 2 aromatic rings. The van der Waals surface area contributed by atoms with Crippen molar-refractivity contribution >= 4 is 5.78 Å². The van der Waals surface area contributed by atoms with Crippen molar-refractivity contribution in [3.05, 3.63) is 65.5 Å².